The number of hydrogen-bond acceptors (Lipinski definition) is 0. The Kier molecular flexibility index (Phi) is 7.25. The molecule has 0 unspecified atom stereocenters. The Hall–Kier alpha value is 0.930. The molecule has 0 heterocycles. The molecule has 0 nitrogen and oxygen atoms in total. The fourth-order valence-corrected chi connectivity index (χ4v) is 0.718. The quantitative estimate of drug-likeness (QED) is 0.591. The molecule has 1 radical (unpaired) electrons. The topological polar surface area (TPSA) is 0 Å². The molecule has 1 aliphatic carbocycles. The third-order valence-corrected chi connectivity index (χ3v) is 1.06. The van der Waals surface area contributed by atoms with Gasteiger partial charge in [-0.05, 0) is 13.8 Å². The second kappa shape index (κ2) is 6.63. The van der Waals surface area contributed by atoms with Gasteiger partial charge >= 0.3 is 37.7 Å². The molecular weight excluding hydrogens is 333 g/mol. The maximum atomic E-state index is 4.96. The van der Waals surface area contributed by atoms with Crippen molar-refractivity contribution >= 4 is 17.2 Å². The van der Waals surface area contributed by atoms with E-state index in [2.05, 4.69) is 32.4 Å². The van der Waals surface area contributed by atoms with E-state index < -0.39 is 20.5 Å². The summed E-state index contributed by atoms with van der Waals surface area (Å²) in [5.74, 6) is 0. The Morgan fingerprint density at radius 3 is 1.80 bits per heavy atom. The number of rotatable bonds is 0. The van der Waals surface area contributed by atoms with Crippen molar-refractivity contribution in [1.82, 2.24) is 0 Å². The molecular formula is C7H9Cl2Hf. The van der Waals surface area contributed by atoms with Crippen molar-refractivity contribution in [3.63, 3.8) is 0 Å². The third-order valence-electron chi connectivity index (χ3n) is 1.06. The summed E-state index contributed by atoms with van der Waals surface area (Å²) in [7, 11) is 9.92. The van der Waals surface area contributed by atoms with Crippen LogP contribution in [0.4, 0.5) is 0 Å². The van der Waals surface area contributed by atoms with Crippen LogP contribution in [0.3, 0.4) is 0 Å². The number of halogens is 2. The van der Waals surface area contributed by atoms with Crippen LogP contribution < -0.4 is 0 Å². The average molecular weight is 343 g/mol. The summed E-state index contributed by atoms with van der Waals surface area (Å²) < 4.78 is 0. The fraction of sp³-hybridized carbons (Fsp3) is 0.286. The Balaban J connectivity index is 0.000000236. The molecule has 1 rings (SSSR count). The van der Waals surface area contributed by atoms with Crippen molar-refractivity contribution in [1.29, 1.82) is 0 Å². The molecule has 0 aromatic rings. The van der Waals surface area contributed by atoms with Crippen LogP contribution >= 0.6 is 17.2 Å². The van der Waals surface area contributed by atoms with E-state index >= 15 is 0 Å². The van der Waals surface area contributed by atoms with Crippen molar-refractivity contribution in [3.05, 3.63) is 29.7 Å². The van der Waals surface area contributed by atoms with E-state index in [1.807, 2.05) is 0 Å². The summed E-state index contributed by atoms with van der Waals surface area (Å²) >= 11 is -0.972. The standard InChI is InChI=1S/C7H9.2ClH.Hf/c1-6-3-4-7(2)5-6;;;/h3-5H,1-2H3;2*1H;/q;;;+2/p-2. The van der Waals surface area contributed by atoms with Crippen LogP contribution in [-0.4, -0.2) is 0 Å². The van der Waals surface area contributed by atoms with Crippen molar-refractivity contribution in [2.45, 2.75) is 13.8 Å². The molecule has 0 N–H and O–H groups in total. The zero-order valence-corrected chi connectivity index (χ0v) is 11.1. The molecule has 0 aromatic carbocycles. The summed E-state index contributed by atoms with van der Waals surface area (Å²) in [5.41, 5.74) is 2.72. The predicted molar refractivity (Wildman–Crippen MR) is 43.5 cm³/mol. The molecule has 0 fully saturated rings. The molecule has 10 heavy (non-hydrogen) atoms. The van der Waals surface area contributed by atoms with Gasteiger partial charge in [-0.3, -0.25) is 0 Å². The van der Waals surface area contributed by atoms with Gasteiger partial charge in [-0.25, -0.2) is 0 Å². The second-order valence-corrected chi connectivity index (χ2v) is 7.23. The average Bonchev–Trinajstić information content (AvgIpc) is 2.17. The molecule has 1 aliphatic rings. The van der Waals surface area contributed by atoms with Crippen LogP contribution in [0.2, 0.25) is 0 Å². The minimum atomic E-state index is -0.972. The fourth-order valence-electron chi connectivity index (χ4n) is 0.718. The maximum absolute atomic E-state index is 4.96. The molecule has 0 saturated carbocycles. The Morgan fingerprint density at radius 2 is 1.70 bits per heavy atom. The van der Waals surface area contributed by atoms with Gasteiger partial charge in [-0.15, -0.1) is 0 Å². The Labute approximate surface area is 80.8 Å². The summed E-state index contributed by atoms with van der Waals surface area (Å²) in [4.78, 5) is 0. The van der Waals surface area contributed by atoms with Gasteiger partial charge in [0.25, 0.3) is 0 Å². The number of hydrogen-bond donors (Lipinski definition) is 0. The first-order chi connectivity index (χ1) is 4.70. The first-order valence-electron chi connectivity index (χ1n) is 2.87. The van der Waals surface area contributed by atoms with Gasteiger partial charge < -0.3 is 0 Å². The monoisotopic (exact) mass is 343 g/mol. The molecule has 0 bridgehead atoms. The normalized spacial score (nSPS) is 14.8. The van der Waals surface area contributed by atoms with E-state index in [1.165, 1.54) is 11.1 Å². The minimum absolute atomic E-state index is 0.972. The molecule has 55 valence electrons. The van der Waals surface area contributed by atoms with Crippen LogP contribution in [0.1, 0.15) is 13.8 Å². The SMILES string of the molecule is CC1=CC(C)=C[CH]1.[Cl][Hf][Cl]. The van der Waals surface area contributed by atoms with Crippen LogP contribution in [-0.2, 0) is 20.5 Å². The van der Waals surface area contributed by atoms with Crippen molar-refractivity contribution in [2.75, 3.05) is 0 Å². The van der Waals surface area contributed by atoms with Gasteiger partial charge in [-0.1, -0.05) is 23.3 Å². The van der Waals surface area contributed by atoms with Gasteiger partial charge in [0.1, 0.15) is 0 Å². The zero-order chi connectivity index (χ0) is 7.98. The zero-order valence-electron chi connectivity index (χ0n) is 5.99. The third kappa shape index (κ3) is 5.70. The van der Waals surface area contributed by atoms with Crippen molar-refractivity contribution in [3.8, 4) is 0 Å². The van der Waals surface area contributed by atoms with Crippen LogP contribution in [0.5, 0.6) is 0 Å². The van der Waals surface area contributed by atoms with Crippen molar-refractivity contribution < 1.29 is 20.5 Å². The molecule has 0 saturated heterocycles. The van der Waals surface area contributed by atoms with Crippen molar-refractivity contribution in [2.24, 2.45) is 0 Å². The molecule has 0 aliphatic heterocycles. The van der Waals surface area contributed by atoms with Crippen LogP contribution in [0, 0.1) is 6.42 Å². The summed E-state index contributed by atoms with van der Waals surface area (Å²) in [6.07, 6.45) is 6.41. The van der Waals surface area contributed by atoms with E-state index in [0.29, 0.717) is 0 Å². The first-order valence-corrected chi connectivity index (χ1v) is 11.8. The Bertz CT molecular complexity index is 150. The van der Waals surface area contributed by atoms with Gasteiger partial charge in [0, 0.05) is 6.42 Å². The summed E-state index contributed by atoms with van der Waals surface area (Å²) in [5, 5.41) is 0. The van der Waals surface area contributed by atoms with E-state index in [1.54, 1.807) is 0 Å². The van der Waals surface area contributed by atoms with Gasteiger partial charge in [0.2, 0.25) is 0 Å². The van der Waals surface area contributed by atoms with E-state index in [9.17, 15) is 0 Å². The predicted octanol–water partition coefficient (Wildman–Crippen LogP) is 3.47. The van der Waals surface area contributed by atoms with E-state index in [4.69, 9.17) is 17.2 Å². The molecule has 0 aromatic heterocycles. The van der Waals surface area contributed by atoms with Crippen LogP contribution in [0.25, 0.3) is 0 Å². The second-order valence-electron chi connectivity index (χ2n) is 2.04. The van der Waals surface area contributed by atoms with Gasteiger partial charge in [-0.2, -0.15) is 0 Å². The van der Waals surface area contributed by atoms with E-state index in [-0.39, 0.29) is 0 Å². The molecule has 0 spiro atoms. The van der Waals surface area contributed by atoms with Gasteiger partial charge in [0.05, 0.1) is 0 Å². The van der Waals surface area contributed by atoms with Crippen LogP contribution in [0.15, 0.2) is 23.3 Å². The van der Waals surface area contributed by atoms with Gasteiger partial charge in [0.15, 0.2) is 0 Å². The molecule has 0 atom stereocenters. The summed E-state index contributed by atoms with van der Waals surface area (Å²) in [6, 6.07) is 0. The molecule has 3 heteroatoms. The Morgan fingerprint density at radius 1 is 1.20 bits per heavy atom. The molecule has 0 amide bonds. The number of allylic oxidation sites excluding steroid dienone is 4. The first kappa shape index (κ1) is 10.9. The van der Waals surface area contributed by atoms with E-state index in [0.717, 1.165) is 0 Å². The summed E-state index contributed by atoms with van der Waals surface area (Å²) in [6.45, 7) is 4.21.